The highest BCUT2D eigenvalue weighted by molar-refractivity contribution is 5.67. The van der Waals surface area contributed by atoms with Crippen LogP contribution in [0.3, 0.4) is 0 Å². The Hall–Kier alpha value is -0.810. The van der Waals surface area contributed by atoms with Crippen LogP contribution in [-0.4, -0.2) is 57.0 Å². The molecule has 2 saturated heterocycles. The summed E-state index contributed by atoms with van der Waals surface area (Å²) in [6.07, 6.45) is 0.993. The van der Waals surface area contributed by atoms with Crippen molar-refractivity contribution in [2.75, 3.05) is 40.0 Å². The average Bonchev–Trinajstić information content (AvgIpc) is 2.58. The molecule has 2 heterocycles. The largest absolute Gasteiger partial charge is 0.447 e. The maximum atomic E-state index is 11.6. The van der Waals surface area contributed by atoms with Crippen LogP contribution in [0, 0.1) is 5.92 Å². The Kier molecular flexibility index (Phi) is 3.43. The van der Waals surface area contributed by atoms with E-state index in [0.717, 1.165) is 19.6 Å². The predicted octanol–water partition coefficient (Wildman–Crippen LogP) is 0.0631. The van der Waals surface area contributed by atoms with Crippen molar-refractivity contribution in [1.82, 2.24) is 10.2 Å². The molecule has 0 saturated carbocycles. The monoisotopic (exact) mass is 214 g/mol. The SMILES string of the molecule is COCCOC(=O)N1C[C@@H]2CN[C@@H](C2)C1. The van der Waals surface area contributed by atoms with Gasteiger partial charge in [-0.2, -0.15) is 0 Å². The minimum absolute atomic E-state index is 0.203. The molecule has 2 atom stereocenters. The lowest BCUT2D eigenvalue weighted by Crippen LogP contribution is -2.44. The minimum atomic E-state index is -0.203. The van der Waals surface area contributed by atoms with Gasteiger partial charge in [0.1, 0.15) is 6.61 Å². The van der Waals surface area contributed by atoms with E-state index in [-0.39, 0.29) is 6.09 Å². The maximum absolute atomic E-state index is 11.6. The lowest BCUT2D eigenvalue weighted by Gasteiger charge is -2.30. The number of rotatable bonds is 3. The number of nitrogens with one attached hydrogen (secondary N) is 1. The van der Waals surface area contributed by atoms with Gasteiger partial charge in [-0.25, -0.2) is 4.79 Å². The first-order valence-corrected chi connectivity index (χ1v) is 5.43. The van der Waals surface area contributed by atoms with E-state index in [9.17, 15) is 4.79 Å². The van der Waals surface area contributed by atoms with E-state index in [4.69, 9.17) is 9.47 Å². The van der Waals surface area contributed by atoms with Gasteiger partial charge in [0.15, 0.2) is 0 Å². The highest BCUT2D eigenvalue weighted by atomic mass is 16.6. The van der Waals surface area contributed by atoms with Crippen LogP contribution in [0.1, 0.15) is 6.42 Å². The molecule has 86 valence electrons. The summed E-state index contributed by atoms with van der Waals surface area (Å²) < 4.78 is 9.91. The summed E-state index contributed by atoms with van der Waals surface area (Å²) in [7, 11) is 1.60. The number of hydrogen-bond donors (Lipinski definition) is 1. The molecule has 0 aromatic heterocycles. The van der Waals surface area contributed by atoms with E-state index in [2.05, 4.69) is 5.32 Å². The van der Waals surface area contributed by atoms with Crippen LogP contribution in [0.2, 0.25) is 0 Å². The number of fused-ring (bicyclic) bond motifs is 2. The smallest absolute Gasteiger partial charge is 0.409 e. The second kappa shape index (κ2) is 4.81. The van der Waals surface area contributed by atoms with Crippen LogP contribution in [0.25, 0.3) is 0 Å². The molecule has 2 fully saturated rings. The molecular weight excluding hydrogens is 196 g/mol. The summed E-state index contributed by atoms with van der Waals surface area (Å²) in [4.78, 5) is 13.4. The molecular formula is C10H18N2O3. The van der Waals surface area contributed by atoms with Gasteiger partial charge in [0.2, 0.25) is 0 Å². The highest BCUT2D eigenvalue weighted by Crippen LogP contribution is 2.22. The Balaban J connectivity index is 1.76. The van der Waals surface area contributed by atoms with E-state index in [1.54, 1.807) is 12.0 Å². The normalized spacial score (nSPS) is 29.3. The number of piperidine rings is 1. The summed E-state index contributed by atoms with van der Waals surface area (Å²) in [5, 5.41) is 3.40. The van der Waals surface area contributed by atoms with Crippen LogP contribution in [0.15, 0.2) is 0 Å². The van der Waals surface area contributed by atoms with Crippen molar-refractivity contribution in [2.45, 2.75) is 12.5 Å². The molecule has 0 aliphatic carbocycles. The van der Waals surface area contributed by atoms with Crippen LogP contribution >= 0.6 is 0 Å². The van der Waals surface area contributed by atoms with Crippen molar-refractivity contribution in [2.24, 2.45) is 5.92 Å². The lowest BCUT2D eigenvalue weighted by atomic mass is 10.0. The third-order valence-corrected chi connectivity index (χ3v) is 3.00. The summed E-state index contributed by atoms with van der Waals surface area (Å²) in [5.41, 5.74) is 0. The van der Waals surface area contributed by atoms with E-state index in [0.29, 0.717) is 25.2 Å². The van der Waals surface area contributed by atoms with E-state index >= 15 is 0 Å². The third kappa shape index (κ3) is 2.60. The number of hydrogen-bond acceptors (Lipinski definition) is 4. The Morgan fingerprint density at radius 1 is 1.47 bits per heavy atom. The molecule has 2 bridgehead atoms. The standard InChI is InChI=1S/C10H18N2O3/c1-14-2-3-15-10(13)12-6-8-4-9(7-12)11-5-8/h8-9,11H,2-7H2,1H3/t8-,9-/m0/s1. The lowest BCUT2D eigenvalue weighted by molar-refractivity contribution is 0.0631. The van der Waals surface area contributed by atoms with E-state index in [1.165, 1.54) is 6.42 Å². The van der Waals surface area contributed by atoms with E-state index < -0.39 is 0 Å². The second-order valence-electron chi connectivity index (χ2n) is 4.22. The van der Waals surface area contributed by atoms with Crippen molar-refractivity contribution in [3.8, 4) is 0 Å². The van der Waals surface area contributed by atoms with Crippen LogP contribution in [0.5, 0.6) is 0 Å². The van der Waals surface area contributed by atoms with Gasteiger partial charge in [-0.3, -0.25) is 0 Å². The highest BCUT2D eigenvalue weighted by Gasteiger charge is 2.35. The van der Waals surface area contributed by atoms with Crippen molar-refractivity contribution in [3.63, 3.8) is 0 Å². The number of ether oxygens (including phenoxy) is 2. The zero-order chi connectivity index (χ0) is 10.7. The molecule has 0 unspecified atom stereocenters. The summed E-state index contributed by atoms with van der Waals surface area (Å²) >= 11 is 0. The predicted molar refractivity (Wildman–Crippen MR) is 54.7 cm³/mol. The molecule has 5 nitrogen and oxygen atoms in total. The molecule has 2 aliphatic rings. The summed E-state index contributed by atoms with van der Waals surface area (Å²) in [6.45, 7) is 3.45. The average molecular weight is 214 g/mol. The molecule has 2 rings (SSSR count). The minimum Gasteiger partial charge on any atom is -0.447 e. The van der Waals surface area contributed by atoms with Crippen molar-refractivity contribution in [1.29, 1.82) is 0 Å². The van der Waals surface area contributed by atoms with Gasteiger partial charge in [0.05, 0.1) is 6.61 Å². The molecule has 0 spiro atoms. The van der Waals surface area contributed by atoms with Gasteiger partial charge in [0, 0.05) is 32.8 Å². The van der Waals surface area contributed by atoms with Gasteiger partial charge in [0.25, 0.3) is 0 Å². The Morgan fingerprint density at radius 3 is 3.07 bits per heavy atom. The van der Waals surface area contributed by atoms with Crippen LogP contribution in [0.4, 0.5) is 4.79 Å². The number of likely N-dealkylation sites (tertiary alicyclic amines) is 1. The van der Waals surface area contributed by atoms with Gasteiger partial charge >= 0.3 is 6.09 Å². The first-order valence-electron chi connectivity index (χ1n) is 5.43. The fourth-order valence-corrected chi connectivity index (χ4v) is 2.29. The van der Waals surface area contributed by atoms with Crippen LogP contribution in [-0.2, 0) is 9.47 Å². The second-order valence-corrected chi connectivity index (χ2v) is 4.22. The van der Waals surface area contributed by atoms with Crippen LogP contribution < -0.4 is 5.32 Å². The van der Waals surface area contributed by atoms with Gasteiger partial charge in [-0.05, 0) is 12.3 Å². The fourth-order valence-electron chi connectivity index (χ4n) is 2.29. The number of methoxy groups -OCH3 is 1. The molecule has 15 heavy (non-hydrogen) atoms. The van der Waals surface area contributed by atoms with Crippen molar-refractivity contribution >= 4 is 6.09 Å². The van der Waals surface area contributed by atoms with E-state index in [1.807, 2.05) is 0 Å². The zero-order valence-electron chi connectivity index (χ0n) is 9.07. The molecule has 5 heteroatoms. The van der Waals surface area contributed by atoms with Gasteiger partial charge in [-0.15, -0.1) is 0 Å². The van der Waals surface area contributed by atoms with Gasteiger partial charge < -0.3 is 19.7 Å². The molecule has 1 N–H and O–H groups in total. The molecule has 0 radical (unpaired) electrons. The maximum Gasteiger partial charge on any atom is 0.409 e. The van der Waals surface area contributed by atoms with Crippen molar-refractivity contribution in [3.05, 3.63) is 0 Å². The molecule has 0 aromatic rings. The summed E-state index contributed by atoms with van der Waals surface area (Å²) in [5.74, 6) is 0.610. The Bertz CT molecular complexity index is 223. The molecule has 2 aliphatic heterocycles. The number of amides is 1. The third-order valence-electron chi connectivity index (χ3n) is 3.00. The number of carbonyl (C=O) groups excluding carboxylic acids is 1. The fraction of sp³-hybridized carbons (Fsp3) is 0.900. The topological polar surface area (TPSA) is 50.8 Å². The number of carbonyl (C=O) groups is 1. The quantitative estimate of drug-likeness (QED) is 0.675. The number of nitrogens with zero attached hydrogens (tertiary/aromatic N) is 1. The molecule has 0 aromatic carbocycles. The first-order chi connectivity index (χ1) is 7.29. The van der Waals surface area contributed by atoms with Gasteiger partial charge in [-0.1, -0.05) is 0 Å². The Labute approximate surface area is 89.7 Å². The molecule has 1 amide bonds. The first kappa shape index (κ1) is 10.7. The Morgan fingerprint density at radius 2 is 2.33 bits per heavy atom. The summed E-state index contributed by atoms with van der Waals surface area (Å²) in [6, 6.07) is 0.471. The zero-order valence-corrected chi connectivity index (χ0v) is 9.07. The van der Waals surface area contributed by atoms with Crippen molar-refractivity contribution < 1.29 is 14.3 Å².